The maximum Gasteiger partial charge on any atom is 0.336 e. The fourth-order valence-electron chi connectivity index (χ4n) is 2.43. The van der Waals surface area contributed by atoms with E-state index >= 15 is 0 Å². The molecule has 0 aromatic rings. The molecule has 2 atom stereocenters. The van der Waals surface area contributed by atoms with Crippen LogP contribution in [-0.4, -0.2) is 22.3 Å². The van der Waals surface area contributed by atoms with Crippen LogP contribution in [0.5, 0.6) is 0 Å². The highest BCUT2D eigenvalue weighted by Gasteiger charge is 2.46. The molecular weight excluding hydrogens is 204 g/mol. The van der Waals surface area contributed by atoms with Crippen LogP contribution in [0.1, 0.15) is 59.8 Å². The van der Waals surface area contributed by atoms with Gasteiger partial charge in [0.2, 0.25) is 0 Å². The van der Waals surface area contributed by atoms with Crippen molar-refractivity contribution in [1.82, 2.24) is 0 Å². The highest BCUT2D eigenvalue weighted by molar-refractivity contribution is 5.77. The van der Waals surface area contributed by atoms with Crippen LogP contribution in [-0.2, 0) is 9.53 Å². The van der Waals surface area contributed by atoms with E-state index in [9.17, 15) is 9.90 Å². The molecule has 0 spiro atoms. The predicted molar refractivity (Wildman–Crippen MR) is 63.5 cm³/mol. The quantitative estimate of drug-likeness (QED) is 0.803. The Labute approximate surface area is 98.2 Å². The smallest absolute Gasteiger partial charge is 0.336 e. The van der Waals surface area contributed by atoms with Gasteiger partial charge in [-0.15, -0.1) is 0 Å². The van der Waals surface area contributed by atoms with Gasteiger partial charge in [-0.1, -0.05) is 20.3 Å². The Morgan fingerprint density at radius 2 is 2.19 bits per heavy atom. The molecule has 1 N–H and O–H groups in total. The van der Waals surface area contributed by atoms with E-state index in [0.29, 0.717) is 18.8 Å². The second-order valence-corrected chi connectivity index (χ2v) is 5.72. The van der Waals surface area contributed by atoms with E-state index in [1.165, 1.54) is 0 Å². The lowest BCUT2D eigenvalue weighted by Gasteiger charge is -2.41. The van der Waals surface area contributed by atoms with Crippen LogP contribution in [0.25, 0.3) is 0 Å². The summed E-state index contributed by atoms with van der Waals surface area (Å²) in [5, 5.41) is 9.44. The molecule has 3 nitrogen and oxygen atoms in total. The summed E-state index contributed by atoms with van der Waals surface area (Å²) in [6.07, 6.45) is 4.19. The number of aliphatic carboxylic acids is 1. The summed E-state index contributed by atoms with van der Waals surface area (Å²) in [6.45, 7) is 8.08. The zero-order valence-corrected chi connectivity index (χ0v) is 10.9. The van der Waals surface area contributed by atoms with Crippen molar-refractivity contribution in [3.8, 4) is 0 Å². The third-order valence-electron chi connectivity index (χ3n) is 3.67. The highest BCUT2D eigenvalue weighted by atomic mass is 16.5. The molecule has 0 radical (unpaired) electrons. The van der Waals surface area contributed by atoms with Crippen molar-refractivity contribution in [3.05, 3.63) is 0 Å². The second-order valence-electron chi connectivity index (χ2n) is 5.72. The summed E-state index contributed by atoms with van der Waals surface area (Å²) in [5.41, 5.74) is -1.30. The van der Waals surface area contributed by atoms with Crippen LogP contribution in [0.4, 0.5) is 0 Å². The van der Waals surface area contributed by atoms with E-state index in [1.807, 2.05) is 20.8 Å². The second kappa shape index (κ2) is 4.74. The lowest BCUT2D eigenvalue weighted by Crippen LogP contribution is -2.50. The summed E-state index contributed by atoms with van der Waals surface area (Å²) in [6, 6.07) is 0. The van der Waals surface area contributed by atoms with Gasteiger partial charge in [0.05, 0.1) is 5.60 Å². The van der Waals surface area contributed by atoms with E-state index in [4.69, 9.17) is 4.74 Å². The average molecular weight is 228 g/mol. The third-order valence-corrected chi connectivity index (χ3v) is 3.67. The molecule has 1 aliphatic carbocycles. The topological polar surface area (TPSA) is 46.5 Å². The molecule has 2 unspecified atom stereocenters. The predicted octanol–water partition coefficient (Wildman–Crippen LogP) is 3.23. The summed E-state index contributed by atoms with van der Waals surface area (Å²) < 4.78 is 5.95. The maximum absolute atomic E-state index is 11.5. The van der Waals surface area contributed by atoms with Crippen molar-refractivity contribution in [2.45, 2.75) is 71.0 Å². The molecule has 0 aromatic heterocycles. The Kier molecular flexibility index (Phi) is 4.00. The first-order valence-corrected chi connectivity index (χ1v) is 6.25. The molecule has 1 aliphatic rings. The number of carboxylic acid groups (broad SMARTS) is 1. The Hall–Kier alpha value is -0.570. The molecule has 0 bridgehead atoms. The van der Waals surface area contributed by atoms with Crippen LogP contribution in [0, 0.1) is 5.92 Å². The fourth-order valence-corrected chi connectivity index (χ4v) is 2.43. The van der Waals surface area contributed by atoms with Gasteiger partial charge in [-0.25, -0.2) is 4.79 Å². The van der Waals surface area contributed by atoms with Crippen molar-refractivity contribution in [3.63, 3.8) is 0 Å². The number of ether oxygens (including phenoxy) is 1. The number of hydrogen-bond donors (Lipinski definition) is 1. The van der Waals surface area contributed by atoms with E-state index in [1.54, 1.807) is 0 Å². The summed E-state index contributed by atoms with van der Waals surface area (Å²) in [7, 11) is 0. The van der Waals surface area contributed by atoms with Gasteiger partial charge >= 0.3 is 5.97 Å². The highest BCUT2D eigenvalue weighted by Crippen LogP contribution is 2.38. The summed E-state index contributed by atoms with van der Waals surface area (Å²) in [5.74, 6) is -0.349. The lowest BCUT2D eigenvalue weighted by atomic mass is 9.78. The Morgan fingerprint density at radius 1 is 1.56 bits per heavy atom. The maximum atomic E-state index is 11.5. The van der Waals surface area contributed by atoms with Gasteiger partial charge in [-0.2, -0.15) is 0 Å². The first-order valence-electron chi connectivity index (χ1n) is 6.25. The standard InChI is InChI=1S/C13H24O3/c1-5-12(3,4)16-13(11(14)15)8-6-7-10(2)9-13/h10H,5-9H2,1-4H3,(H,14,15). The van der Waals surface area contributed by atoms with Crippen molar-refractivity contribution < 1.29 is 14.6 Å². The average Bonchev–Trinajstić information content (AvgIpc) is 2.17. The molecule has 1 fully saturated rings. The minimum atomic E-state index is -0.947. The molecule has 16 heavy (non-hydrogen) atoms. The van der Waals surface area contributed by atoms with Crippen molar-refractivity contribution in [1.29, 1.82) is 0 Å². The van der Waals surface area contributed by atoms with Crippen LogP contribution < -0.4 is 0 Å². The van der Waals surface area contributed by atoms with Crippen LogP contribution in [0.3, 0.4) is 0 Å². The van der Waals surface area contributed by atoms with Crippen molar-refractivity contribution >= 4 is 5.97 Å². The molecule has 0 aliphatic heterocycles. The zero-order chi connectivity index (χ0) is 12.4. The number of carbonyl (C=O) groups is 1. The Bertz CT molecular complexity index is 260. The molecule has 94 valence electrons. The molecule has 0 amide bonds. The first-order chi connectivity index (χ1) is 7.31. The SMILES string of the molecule is CCC(C)(C)OC1(C(=O)O)CCCC(C)C1. The number of carboxylic acids is 1. The third kappa shape index (κ3) is 2.97. The normalized spacial score (nSPS) is 31.4. The van der Waals surface area contributed by atoms with Crippen LogP contribution >= 0.6 is 0 Å². The number of rotatable bonds is 4. The molecule has 0 aromatic carbocycles. The molecule has 1 rings (SSSR count). The van der Waals surface area contributed by atoms with Gasteiger partial charge in [0.15, 0.2) is 5.60 Å². The first kappa shape index (κ1) is 13.5. The van der Waals surface area contributed by atoms with Gasteiger partial charge in [0.1, 0.15) is 0 Å². The summed E-state index contributed by atoms with van der Waals surface area (Å²) >= 11 is 0. The Balaban J connectivity index is 2.84. The zero-order valence-electron chi connectivity index (χ0n) is 10.9. The van der Waals surface area contributed by atoms with Crippen molar-refractivity contribution in [2.24, 2.45) is 5.92 Å². The van der Waals surface area contributed by atoms with Gasteiger partial charge < -0.3 is 9.84 Å². The van der Waals surface area contributed by atoms with Gasteiger partial charge in [0, 0.05) is 0 Å². The monoisotopic (exact) mass is 228 g/mol. The van der Waals surface area contributed by atoms with Gasteiger partial charge in [-0.05, 0) is 45.4 Å². The van der Waals surface area contributed by atoms with E-state index in [0.717, 1.165) is 19.3 Å². The van der Waals surface area contributed by atoms with Crippen LogP contribution in [0.2, 0.25) is 0 Å². The Morgan fingerprint density at radius 3 is 2.62 bits per heavy atom. The molecular formula is C13H24O3. The lowest BCUT2D eigenvalue weighted by molar-refractivity contribution is -0.198. The van der Waals surface area contributed by atoms with E-state index < -0.39 is 11.6 Å². The minimum absolute atomic E-state index is 0.352. The fraction of sp³-hybridized carbons (Fsp3) is 0.923. The van der Waals surface area contributed by atoms with Gasteiger partial charge in [-0.3, -0.25) is 0 Å². The van der Waals surface area contributed by atoms with Crippen LogP contribution in [0.15, 0.2) is 0 Å². The summed E-state index contributed by atoms with van der Waals surface area (Å²) in [4.78, 5) is 11.5. The number of hydrogen-bond acceptors (Lipinski definition) is 2. The van der Waals surface area contributed by atoms with Gasteiger partial charge in [0.25, 0.3) is 0 Å². The largest absolute Gasteiger partial charge is 0.479 e. The van der Waals surface area contributed by atoms with E-state index in [-0.39, 0.29) is 5.60 Å². The van der Waals surface area contributed by atoms with Crippen molar-refractivity contribution in [2.75, 3.05) is 0 Å². The molecule has 1 saturated carbocycles. The molecule has 3 heteroatoms. The molecule has 0 saturated heterocycles. The minimum Gasteiger partial charge on any atom is -0.479 e. The molecule has 0 heterocycles. The van der Waals surface area contributed by atoms with E-state index in [2.05, 4.69) is 6.92 Å².